The second kappa shape index (κ2) is 7.83. The molecule has 0 aliphatic heterocycles. The van der Waals surface area contributed by atoms with Crippen molar-refractivity contribution in [3.8, 4) is 11.5 Å². The number of aldehydes is 1. The second-order valence-electron chi connectivity index (χ2n) is 5.95. The van der Waals surface area contributed by atoms with Crippen LogP contribution in [0.4, 0.5) is 0 Å². The Kier molecular flexibility index (Phi) is 5.33. The van der Waals surface area contributed by atoms with Crippen molar-refractivity contribution in [2.45, 2.75) is 31.9 Å². The molecule has 1 amide bonds. The largest absolute Gasteiger partial charge is 0.490 e. The van der Waals surface area contributed by atoms with Crippen LogP contribution < -0.4 is 14.8 Å². The van der Waals surface area contributed by atoms with Crippen LogP contribution in [0.25, 0.3) is 0 Å². The standard InChI is InChI=1S/C20H21NO4/c1-2-24-18-12-14(13-22)8-11-17(18)25-19(15-6-4-3-5-7-15)20(23)21-16-9-10-16/h3-8,11-13,16,19H,2,9-10H2,1H3,(H,21,23)/t19-/m1/s1. The minimum atomic E-state index is -0.775. The summed E-state index contributed by atoms with van der Waals surface area (Å²) in [5.74, 6) is 0.718. The fraction of sp³-hybridized carbons (Fsp3) is 0.300. The van der Waals surface area contributed by atoms with Gasteiger partial charge in [0.2, 0.25) is 6.10 Å². The monoisotopic (exact) mass is 339 g/mol. The van der Waals surface area contributed by atoms with E-state index >= 15 is 0 Å². The summed E-state index contributed by atoms with van der Waals surface area (Å²) in [5, 5.41) is 2.99. The van der Waals surface area contributed by atoms with Gasteiger partial charge in [0.25, 0.3) is 5.91 Å². The molecule has 0 heterocycles. The van der Waals surface area contributed by atoms with Crippen LogP contribution in [-0.2, 0) is 4.79 Å². The maximum Gasteiger partial charge on any atom is 0.266 e. The van der Waals surface area contributed by atoms with Crippen LogP contribution in [0, 0.1) is 0 Å². The zero-order chi connectivity index (χ0) is 17.6. The molecule has 1 aliphatic rings. The Balaban J connectivity index is 1.89. The highest BCUT2D eigenvalue weighted by atomic mass is 16.5. The van der Waals surface area contributed by atoms with E-state index < -0.39 is 6.10 Å². The van der Waals surface area contributed by atoms with Crippen molar-refractivity contribution in [1.29, 1.82) is 0 Å². The Morgan fingerprint density at radius 2 is 1.96 bits per heavy atom. The number of carbonyl (C=O) groups excluding carboxylic acids is 2. The minimum absolute atomic E-state index is 0.171. The summed E-state index contributed by atoms with van der Waals surface area (Å²) in [7, 11) is 0. The molecular weight excluding hydrogens is 318 g/mol. The molecule has 1 atom stereocenters. The Morgan fingerprint density at radius 3 is 2.60 bits per heavy atom. The van der Waals surface area contributed by atoms with Crippen LogP contribution in [0.1, 0.15) is 41.8 Å². The highest BCUT2D eigenvalue weighted by Crippen LogP contribution is 2.33. The van der Waals surface area contributed by atoms with Crippen LogP contribution in [0.5, 0.6) is 11.5 Å². The van der Waals surface area contributed by atoms with Gasteiger partial charge in [0, 0.05) is 17.2 Å². The normalized spacial score (nSPS) is 14.4. The van der Waals surface area contributed by atoms with Crippen molar-refractivity contribution in [2.75, 3.05) is 6.61 Å². The van der Waals surface area contributed by atoms with E-state index in [-0.39, 0.29) is 11.9 Å². The fourth-order valence-corrected chi connectivity index (χ4v) is 2.50. The Bertz CT molecular complexity index is 741. The molecule has 0 unspecified atom stereocenters. The molecule has 0 aromatic heterocycles. The van der Waals surface area contributed by atoms with Gasteiger partial charge in [0.05, 0.1) is 6.61 Å². The lowest BCUT2D eigenvalue weighted by Crippen LogP contribution is -2.33. The lowest BCUT2D eigenvalue weighted by atomic mass is 10.1. The van der Waals surface area contributed by atoms with Crippen molar-refractivity contribution >= 4 is 12.2 Å². The topological polar surface area (TPSA) is 64.6 Å². The van der Waals surface area contributed by atoms with E-state index in [0.717, 1.165) is 24.7 Å². The van der Waals surface area contributed by atoms with E-state index in [0.29, 0.717) is 23.7 Å². The molecule has 0 radical (unpaired) electrons. The van der Waals surface area contributed by atoms with Crippen LogP contribution in [0.2, 0.25) is 0 Å². The maximum atomic E-state index is 12.7. The quantitative estimate of drug-likeness (QED) is 0.750. The molecule has 1 aliphatic carbocycles. The Morgan fingerprint density at radius 1 is 1.20 bits per heavy atom. The lowest BCUT2D eigenvalue weighted by Gasteiger charge is -2.21. The Labute approximate surface area is 147 Å². The molecule has 25 heavy (non-hydrogen) atoms. The van der Waals surface area contributed by atoms with Gasteiger partial charge < -0.3 is 14.8 Å². The van der Waals surface area contributed by atoms with E-state index in [2.05, 4.69) is 5.32 Å². The SMILES string of the molecule is CCOc1cc(C=O)ccc1O[C@@H](C(=O)NC1CC1)c1ccccc1. The molecule has 1 N–H and O–H groups in total. The summed E-state index contributed by atoms with van der Waals surface area (Å²) in [6, 6.07) is 14.5. The summed E-state index contributed by atoms with van der Waals surface area (Å²) < 4.78 is 11.6. The second-order valence-corrected chi connectivity index (χ2v) is 5.95. The van der Waals surface area contributed by atoms with Crippen LogP contribution in [0.15, 0.2) is 48.5 Å². The van der Waals surface area contributed by atoms with E-state index in [1.165, 1.54) is 0 Å². The van der Waals surface area contributed by atoms with Gasteiger partial charge in [-0.1, -0.05) is 30.3 Å². The van der Waals surface area contributed by atoms with Crippen LogP contribution in [-0.4, -0.2) is 24.8 Å². The zero-order valence-corrected chi connectivity index (χ0v) is 14.1. The van der Waals surface area contributed by atoms with Gasteiger partial charge >= 0.3 is 0 Å². The first-order chi connectivity index (χ1) is 12.2. The highest BCUT2D eigenvalue weighted by molar-refractivity contribution is 5.83. The molecule has 1 fully saturated rings. The smallest absolute Gasteiger partial charge is 0.266 e. The molecule has 5 nitrogen and oxygen atoms in total. The van der Waals surface area contributed by atoms with E-state index in [9.17, 15) is 9.59 Å². The van der Waals surface area contributed by atoms with Crippen molar-refractivity contribution < 1.29 is 19.1 Å². The Hall–Kier alpha value is -2.82. The zero-order valence-electron chi connectivity index (χ0n) is 14.1. The minimum Gasteiger partial charge on any atom is -0.490 e. The summed E-state index contributed by atoms with van der Waals surface area (Å²) in [4.78, 5) is 23.7. The van der Waals surface area contributed by atoms with Gasteiger partial charge in [-0.15, -0.1) is 0 Å². The molecule has 1 saturated carbocycles. The molecule has 130 valence electrons. The van der Waals surface area contributed by atoms with Crippen molar-refractivity contribution in [3.63, 3.8) is 0 Å². The van der Waals surface area contributed by atoms with Gasteiger partial charge in [0.1, 0.15) is 6.29 Å². The van der Waals surface area contributed by atoms with Crippen molar-refractivity contribution in [3.05, 3.63) is 59.7 Å². The third kappa shape index (κ3) is 4.38. The summed E-state index contributed by atoms with van der Waals surface area (Å²) in [5.41, 5.74) is 1.26. The molecule has 0 bridgehead atoms. The summed E-state index contributed by atoms with van der Waals surface area (Å²) in [6.07, 6.45) is 1.99. The van der Waals surface area contributed by atoms with Gasteiger partial charge in [0.15, 0.2) is 11.5 Å². The van der Waals surface area contributed by atoms with Crippen LogP contribution >= 0.6 is 0 Å². The molecule has 0 spiro atoms. The first-order valence-electron chi connectivity index (χ1n) is 8.45. The van der Waals surface area contributed by atoms with Gasteiger partial charge in [-0.25, -0.2) is 0 Å². The van der Waals surface area contributed by atoms with Crippen LogP contribution in [0.3, 0.4) is 0 Å². The lowest BCUT2D eigenvalue weighted by molar-refractivity contribution is -0.128. The molecule has 5 heteroatoms. The van der Waals surface area contributed by atoms with Crippen molar-refractivity contribution in [1.82, 2.24) is 5.32 Å². The number of benzene rings is 2. The molecule has 3 rings (SSSR count). The van der Waals surface area contributed by atoms with E-state index in [1.54, 1.807) is 18.2 Å². The van der Waals surface area contributed by atoms with E-state index in [1.807, 2.05) is 37.3 Å². The van der Waals surface area contributed by atoms with E-state index in [4.69, 9.17) is 9.47 Å². The molecule has 2 aromatic carbocycles. The number of nitrogens with one attached hydrogen (secondary N) is 1. The van der Waals surface area contributed by atoms with Gasteiger partial charge in [-0.2, -0.15) is 0 Å². The number of carbonyl (C=O) groups is 2. The third-order valence-corrected chi connectivity index (χ3v) is 3.91. The number of rotatable bonds is 8. The average Bonchev–Trinajstić information content (AvgIpc) is 3.45. The molecular formula is C20H21NO4. The number of amides is 1. The first kappa shape index (κ1) is 17.0. The van der Waals surface area contributed by atoms with Crippen molar-refractivity contribution in [2.24, 2.45) is 0 Å². The third-order valence-electron chi connectivity index (χ3n) is 3.91. The predicted octanol–water partition coefficient (Wildman–Crippen LogP) is 3.30. The van der Waals surface area contributed by atoms with Gasteiger partial charge in [-0.05, 0) is 38.0 Å². The first-order valence-corrected chi connectivity index (χ1v) is 8.45. The summed E-state index contributed by atoms with van der Waals surface area (Å²) >= 11 is 0. The number of hydrogen-bond acceptors (Lipinski definition) is 4. The number of ether oxygens (including phenoxy) is 2. The molecule has 0 saturated heterocycles. The molecule has 2 aromatic rings. The van der Waals surface area contributed by atoms with Gasteiger partial charge in [-0.3, -0.25) is 9.59 Å². The maximum absolute atomic E-state index is 12.7. The fourth-order valence-electron chi connectivity index (χ4n) is 2.50. The average molecular weight is 339 g/mol. The number of hydrogen-bond donors (Lipinski definition) is 1. The predicted molar refractivity (Wildman–Crippen MR) is 94.0 cm³/mol. The highest BCUT2D eigenvalue weighted by Gasteiger charge is 2.30. The summed E-state index contributed by atoms with van der Waals surface area (Å²) in [6.45, 7) is 2.29.